The zero-order valence-corrected chi connectivity index (χ0v) is 8.06. The van der Waals surface area contributed by atoms with Crippen molar-refractivity contribution in [3.8, 4) is 0 Å². The summed E-state index contributed by atoms with van der Waals surface area (Å²) in [5.41, 5.74) is -0.964. The van der Waals surface area contributed by atoms with Crippen LogP contribution < -0.4 is 5.32 Å². The van der Waals surface area contributed by atoms with Gasteiger partial charge in [-0.3, -0.25) is 0 Å². The van der Waals surface area contributed by atoms with Gasteiger partial charge in [-0.15, -0.1) is 4.91 Å². The van der Waals surface area contributed by atoms with Crippen molar-refractivity contribution in [3.05, 3.63) is 11.8 Å². The third kappa shape index (κ3) is 3.56. The van der Waals surface area contributed by atoms with Gasteiger partial charge in [-0.1, -0.05) is 11.6 Å². The summed E-state index contributed by atoms with van der Waals surface area (Å²) in [6.07, 6.45) is 0. The first kappa shape index (κ1) is 12.6. The first-order chi connectivity index (χ1) is 6.40. The fraction of sp³-hybridized carbons (Fsp3) is 0.500. The van der Waals surface area contributed by atoms with E-state index in [4.69, 9.17) is 16.7 Å². The molecule has 0 saturated carbocycles. The monoisotopic (exact) mass is 222 g/mol. The number of carbonyl (C=O) groups is 2. The maximum Gasteiger partial charge on any atom is 0.342 e. The fourth-order valence-electron chi connectivity index (χ4n) is 0.541. The van der Waals surface area contributed by atoms with Crippen molar-refractivity contribution < 1.29 is 14.7 Å². The van der Waals surface area contributed by atoms with E-state index in [0.717, 1.165) is 0 Å². The lowest BCUT2D eigenvalue weighted by Gasteiger charge is -2.17. The van der Waals surface area contributed by atoms with Gasteiger partial charge in [0.05, 0.1) is 5.29 Å². The lowest BCUT2D eigenvalue weighted by atomic mass is 10.3. The number of hydrogen-bond donors (Lipinski definition) is 2. The first-order valence-electron chi connectivity index (χ1n) is 3.53. The lowest BCUT2D eigenvalue weighted by molar-refractivity contribution is -0.138. The third-order valence-corrected chi connectivity index (χ3v) is 1.41. The Morgan fingerprint density at radius 3 is 2.43 bits per heavy atom. The van der Waals surface area contributed by atoms with E-state index in [1.807, 2.05) is 5.32 Å². The molecule has 7 nitrogen and oxygen atoms in total. The molecular formula is C6H9ClN3O4. The number of alkyl halides is 1. The van der Waals surface area contributed by atoms with Crippen LogP contribution in [0.15, 0.2) is 5.29 Å². The van der Waals surface area contributed by atoms with Crippen LogP contribution in [0.5, 0.6) is 0 Å². The molecule has 79 valence electrons. The van der Waals surface area contributed by atoms with Crippen LogP contribution in [-0.2, 0) is 4.79 Å². The molecule has 14 heavy (non-hydrogen) atoms. The maximum absolute atomic E-state index is 11.1. The topological polar surface area (TPSA) is 99.1 Å². The van der Waals surface area contributed by atoms with Gasteiger partial charge in [0, 0.05) is 0 Å². The quantitative estimate of drug-likeness (QED) is 0.314. The number of amides is 2. The van der Waals surface area contributed by atoms with Crippen molar-refractivity contribution in [2.24, 2.45) is 5.29 Å². The largest absolute Gasteiger partial charge is 0.480 e. The van der Waals surface area contributed by atoms with Crippen LogP contribution in [0.4, 0.5) is 4.79 Å². The van der Waals surface area contributed by atoms with Crippen molar-refractivity contribution in [3.63, 3.8) is 0 Å². The van der Waals surface area contributed by atoms with Gasteiger partial charge in [-0.25, -0.2) is 9.59 Å². The molecular weight excluding hydrogens is 214 g/mol. The van der Waals surface area contributed by atoms with E-state index < -0.39 is 23.5 Å². The van der Waals surface area contributed by atoms with Crippen molar-refractivity contribution in [2.75, 3.05) is 0 Å². The molecule has 0 saturated heterocycles. The van der Waals surface area contributed by atoms with Crippen molar-refractivity contribution in [2.45, 2.75) is 18.5 Å². The standard InChI is InChI=1S/C6H9ClN3O4/c1-3(5(11)12)8-6(13)10(9-14)4(2)7/h3-4H,1H2,2H3,(H,8,13)(H,11,12). The zero-order chi connectivity index (χ0) is 11.3. The van der Waals surface area contributed by atoms with Gasteiger partial charge in [0.25, 0.3) is 0 Å². The Morgan fingerprint density at radius 2 is 2.14 bits per heavy atom. The normalized spacial score (nSPS) is 13.9. The Morgan fingerprint density at radius 1 is 1.64 bits per heavy atom. The molecule has 2 atom stereocenters. The van der Waals surface area contributed by atoms with E-state index in [0.29, 0.717) is 5.01 Å². The highest BCUT2D eigenvalue weighted by atomic mass is 35.5. The Bertz CT molecular complexity index is 245. The summed E-state index contributed by atoms with van der Waals surface area (Å²) >= 11 is 5.41. The molecule has 2 N–H and O–H groups in total. The average molecular weight is 223 g/mol. The minimum absolute atomic E-state index is 0.364. The number of rotatable bonds is 4. The number of urea groups is 1. The molecule has 0 spiro atoms. The molecule has 0 fully saturated rings. The molecule has 0 aromatic heterocycles. The van der Waals surface area contributed by atoms with Crippen LogP contribution >= 0.6 is 11.6 Å². The summed E-state index contributed by atoms with van der Waals surface area (Å²) < 4.78 is 0. The second kappa shape index (κ2) is 5.38. The highest BCUT2D eigenvalue weighted by Gasteiger charge is 2.23. The summed E-state index contributed by atoms with van der Waals surface area (Å²) in [5.74, 6) is -1.33. The van der Waals surface area contributed by atoms with E-state index >= 15 is 0 Å². The van der Waals surface area contributed by atoms with Gasteiger partial charge < -0.3 is 10.4 Å². The maximum atomic E-state index is 11.1. The molecule has 0 aliphatic heterocycles. The summed E-state index contributed by atoms with van der Waals surface area (Å²) in [7, 11) is 0. The number of hydrogen-bond acceptors (Lipinski definition) is 4. The fourth-order valence-corrected chi connectivity index (χ4v) is 0.665. The molecule has 2 amide bonds. The number of nitroso groups, excluding NO2 is 1. The van der Waals surface area contributed by atoms with Crippen molar-refractivity contribution in [1.29, 1.82) is 0 Å². The molecule has 1 radical (unpaired) electrons. The molecule has 0 aromatic rings. The van der Waals surface area contributed by atoms with Crippen LogP contribution in [0.1, 0.15) is 6.92 Å². The minimum Gasteiger partial charge on any atom is -0.480 e. The molecule has 8 heteroatoms. The van der Waals surface area contributed by atoms with Crippen LogP contribution in [0.2, 0.25) is 0 Å². The van der Waals surface area contributed by atoms with Gasteiger partial charge in [-0.05, 0) is 13.8 Å². The van der Waals surface area contributed by atoms with Crippen LogP contribution in [0.25, 0.3) is 0 Å². The predicted molar refractivity (Wildman–Crippen MR) is 48.3 cm³/mol. The summed E-state index contributed by atoms with van der Waals surface area (Å²) in [4.78, 5) is 31.4. The number of carboxylic acids is 1. The molecule has 0 rings (SSSR count). The highest BCUT2D eigenvalue weighted by molar-refractivity contribution is 6.20. The predicted octanol–water partition coefficient (Wildman–Crippen LogP) is 0.551. The van der Waals surface area contributed by atoms with Crippen LogP contribution in [0, 0.1) is 11.8 Å². The number of carboxylic acid groups (broad SMARTS) is 1. The number of nitrogens with one attached hydrogen (secondary N) is 1. The van der Waals surface area contributed by atoms with E-state index in [1.165, 1.54) is 6.92 Å². The summed E-state index contributed by atoms with van der Waals surface area (Å²) in [6, 6.07) is -2.37. The first-order valence-corrected chi connectivity index (χ1v) is 3.96. The second-order valence-corrected chi connectivity index (χ2v) is 2.97. The number of halogens is 1. The summed E-state index contributed by atoms with van der Waals surface area (Å²) in [5, 5.41) is 13.0. The Hall–Kier alpha value is -1.37. The summed E-state index contributed by atoms with van der Waals surface area (Å²) in [6.45, 7) is 4.44. The van der Waals surface area contributed by atoms with E-state index in [9.17, 15) is 14.5 Å². The van der Waals surface area contributed by atoms with Gasteiger partial charge in [0.2, 0.25) is 0 Å². The molecule has 2 unspecified atom stereocenters. The average Bonchev–Trinajstić information content (AvgIpc) is 2.04. The molecule has 0 aliphatic rings. The minimum atomic E-state index is -1.36. The Kier molecular flexibility index (Phi) is 4.85. The van der Waals surface area contributed by atoms with Crippen LogP contribution in [-0.4, -0.2) is 33.7 Å². The Balaban J connectivity index is 4.32. The van der Waals surface area contributed by atoms with E-state index in [1.54, 1.807) is 0 Å². The lowest BCUT2D eigenvalue weighted by Crippen LogP contribution is -2.46. The zero-order valence-electron chi connectivity index (χ0n) is 7.31. The molecule has 0 heterocycles. The SMILES string of the molecule is [CH2]C(NC(=O)N(N=O)C(C)Cl)C(=O)O. The Labute approximate surface area is 85.0 Å². The number of aliphatic carboxylic acids is 1. The highest BCUT2D eigenvalue weighted by Crippen LogP contribution is 2.04. The second-order valence-electron chi connectivity index (χ2n) is 2.34. The van der Waals surface area contributed by atoms with Crippen LogP contribution in [0.3, 0.4) is 0 Å². The number of nitrogens with zero attached hydrogens (tertiary/aromatic N) is 2. The van der Waals surface area contributed by atoms with E-state index in [2.05, 4.69) is 12.2 Å². The smallest absolute Gasteiger partial charge is 0.342 e. The van der Waals surface area contributed by atoms with Gasteiger partial charge >= 0.3 is 12.0 Å². The van der Waals surface area contributed by atoms with Crippen molar-refractivity contribution in [1.82, 2.24) is 10.3 Å². The number of carbonyl (C=O) groups excluding carboxylic acids is 1. The third-order valence-electron chi connectivity index (χ3n) is 1.23. The molecule has 0 bridgehead atoms. The molecule has 0 aromatic carbocycles. The van der Waals surface area contributed by atoms with E-state index in [-0.39, 0.29) is 0 Å². The van der Waals surface area contributed by atoms with Gasteiger partial charge in [0.1, 0.15) is 11.5 Å². The molecule has 0 aliphatic carbocycles. The van der Waals surface area contributed by atoms with Crippen molar-refractivity contribution >= 4 is 23.6 Å². The van der Waals surface area contributed by atoms with Gasteiger partial charge in [0.15, 0.2) is 0 Å². The van der Waals surface area contributed by atoms with Gasteiger partial charge in [-0.2, -0.15) is 5.01 Å².